The fourth-order valence-corrected chi connectivity index (χ4v) is 3.25. The van der Waals surface area contributed by atoms with E-state index in [1.807, 2.05) is 0 Å². The lowest BCUT2D eigenvalue weighted by Crippen LogP contribution is -2.47. The third-order valence-corrected chi connectivity index (χ3v) is 4.23. The van der Waals surface area contributed by atoms with E-state index in [0.717, 1.165) is 0 Å². The molecule has 0 N–H and O–H groups in total. The molecule has 2 fully saturated rings. The normalized spacial score (nSPS) is 30.2. The first kappa shape index (κ1) is 9.51. The van der Waals surface area contributed by atoms with Gasteiger partial charge in [0.15, 0.2) is 0 Å². The van der Waals surface area contributed by atoms with E-state index in [-0.39, 0.29) is 0 Å². The van der Waals surface area contributed by atoms with Crippen molar-refractivity contribution in [2.24, 2.45) is 0 Å². The van der Waals surface area contributed by atoms with Gasteiger partial charge in [-0.1, -0.05) is 32.1 Å². The topological polar surface area (TPSA) is 3.24 Å². The number of likely N-dealkylation sites (tertiary alicyclic amines) is 1. The van der Waals surface area contributed by atoms with Gasteiger partial charge in [-0.15, -0.1) is 0 Å². The Kier molecular flexibility index (Phi) is 2.92. The predicted molar refractivity (Wildman–Crippen MR) is 56.9 cm³/mol. The third kappa shape index (κ3) is 1.90. The van der Waals surface area contributed by atoms with Crippen LogP contribution in [0.4, 0.5) is 0 Å². The first-order valence-electron chi connectivity index (χ1n) is 6.05. The highest BCUT2D eigenvalue weighted by atomic mass is 15.2. The number of hydrogen-bond acceptors (Lipinski definition) is 1. The minimum Gasteiger partial charge on any atom is -0.301 e. The van der Waals surface area contributed by atoms with E-state index in [2.05, 4.69) is 11.9 Å². The number of nitrogens with zero attached hydrogens (tertiary/aromatic N) is 1. The Labute approximate surface area is 82.5 Å². The van der Waals surface area contributed by atoms with Crippen LogP contribution in [0.25, 0.3) is 0 Å². The molecule has 1 aliphatic carbocycles. The van der Waals surface area contributed by atoms with Crippen molar-refractivity contribution in [1.29, 1.82) is 0 Å². The summed E-state index contributed by atoms with van der Waals surface area (Å²) in [4.78, 5) is 2.68. The smallest absolute Gasteiger partial charge is 0.0206 e. The fraction of sp³-hybridized carbons (Fsp3) is 1.00. The maximum absolute atomic E-state index is 2.68. The van der Waals surface area contributed by atoms with Crippen LogP contribution in [0.5, 0.6) is 0 Å². The van der Waals surface area contributed by atoms with Crippen LogP contribution < -0.4 is 0 Å². The Morgan fingerprint density at radius 2 is 1.31 bits per heavy atom. The molecule has 0 aromatic heterocycles. The molecule has 0 radical (unpaired) electrons. The monoisotopic (exact) mass is 181 g/mol. The van der Waals surface area contributed by atoms with E-state index >= 15 is 0 Å². The largest absolute Gasteiger partial charge is 0.301 e. The van der Waals surface area contributed by atoms with E-state index in [9.17, 15) is 0 Å². The lowest BCUT2D eigenvalue weighted by atomic mass is 9.78. The van der Waals surface area contributed by atoms with Crippen LogP contribution in [0.2, 0.25) is 0 Å². The maximum Gasteiger partial charge on any atom is 0.0206 e. The summed E-state index contributed by atoms with van der Waals surface area (Å²) >= 11 is 0. The summed E-state index contributed by atoms with van der Waals surface area (Å²) in [6, 6.07) is 0. The van der Waals surface area contributed by atoms with Crippen molar-refractivity contribution in [1.82, 2.24) is 4.90 Å². The highest BCUT2D eigenvalue weighted by Gasteiger charge is 2.35. The van der Waals surface area contributed by atoms with Crippen LogP contribution in [0.15, 0.2) is 0 Å². The number of hydrogen-bond donors (Lipinski definition) is 0. The maximum atomic E-state index is 2.68. The zero-order chi connectivity index (χ0) is 9.15. The zero-order valence-corrected chi connectivity index (χ0v) is 9.02. The SMILES string of the molecule is CN1CCCCCC12CCCCC2. The van der Waals surface area contributed by atoms with Gasteiger partial charge >= 0.3 is 0 Å². The Balaban J connectivity index is 2.06. The molecule has 0 bridgehead atoms. The highest BCUT2D eigenvalue weighted by Crippen LogP contribution is 2.38. The molecule has 0 atom stereocenters. The summed E-state index contributed by atoms with van der Waals surface area (Å²) in [6.45, 7) is 1.35. The molecule has 2 rings (SSSR count). The van der Waals surface area contributed by atoms with Gasteiger partial charge < -0.3 is 4.90 Å². The van der Waals surface area contributed by atoms with E-state index in [4.69, 9.17) is 0 Å². The Bertz CT molecular complexity index is 159. The molecule has 1 heteroatoms. The standard InChI is InChI=1S/C12H23N/c1-13-11-7-3-6-10-12(13)8-4-2-5-9-12/h2-11H2,1H3. The zero-order valence-electron chi connectivity index (χ0n) is 9.02. The van der Waals surface area contributed by atoms with Crippen molar-refractivity contribution in [2.75, 3.05) is 13.6 Å². The van der Waals surface area contributed by atoms with Gasteiger partial charge in [-0.05, 0) is 39.3 Å². The minimum absolute atomic E-state index is 0.634. The molecular formula is C12H23N. The molecule has 2 aliphatic rings. The molecule has 76 valence electrons. The van der Waals surface area contributed by atoms with Crippen molar-refractivity contribution in [3.05, 3.63) is 0 Å². The summed E-state index contributed by atoms with van der Waals surface area (Å²) in [5.41, 5.74) is 0.634. The van der Waals surface area contributed by atoms with Gasteiger partial charge in [0.05, 0.1) is 0 Å². The predicted octanol–water partition coefficient (Wildman–Crippen LogP) is 3.20. The molecular weight excluding hydrogens is 158 g/mol. The van der Waals surface area contributed by atoms with Crippen LogP contribution in [-0.2, 0) is 0 Å². The first-order valence-corrected chi connectivity index (χ1v) is 6.05. The quantitative estimate of drug-likeness (QED) is 0.555. The average molecular weight is 181 g/mol. The van der Waals surface area contributed by atoms with Gasteiger partial charge in [0.25, 0.3) is 0 Å². The van der Waals surface area contributed by atoms with Gasteiger partial charge in [0.2, 0.25) is 0 Å². The van der Waals surface area contributed by atoms with Crippen molar-refractivity contribution < 1.29 is 0 Å². The molecule has 0 unspecified atom stereocenters. The molecule has 0 aromatic rings. The van der Waals surface area contributed by atoms with Crippen LogP contribution in [0, 0.1) is 0 Å². The summed E-state index contributed by atoms with van der Waals surface area (Å²) in [6.07, 6.45) is 13.2. The third-order valence-electron chi connectivity index (χ3n) is 4.23. The first-order chi connectivity index (χ1) is 6.33. The molecule has 0 amide bonds. The second kappa shape index (κ2) is 4.00. The molecule has 0 aromatic carbocycles. The molecule has 1 saturated carbocycles. The van der Waals surface area contributed by atoms with Crippen LogP contribution in [0.1, 0.15) is 57.8 Å². The number of rotatable bonds is 0. The fourth-order valence-electron chi connectivity index (χ4n) is 3.25. The van der Waals surface area contributed by atoms with Gasteiger partial charge in [-0.25, -0.2) is 0 Å². The van der Waals surface area contributed by atoms with Gasteiger partial charge in [-0.2, -0.15) is 0 Å². The summed E-state index contributed by atoms with van der Waals surface area (Å²) in [5, 5.41) is 0. The average Bonchev–Trinajstić information content (AvgIpc) is 2.33. The lowest BCUT2D eigenvalue weighted by Gasteiger charge is -2.44. The Hall–Kier alpha value is -0.0400. The van der Waals surface area contributed by atoms with E-state index < -0.39 is 0 Å². The van der Waals surface area contributed by atoms with E-state index in [0.29, 0.717) is 5.54 Å². The highest BCUT2D eigenvalue weighted by molar-refractivity contribution is 4.92. The Morgan fingerprint density at radius 1 is 0.769 bits per heavy atom. The van der Waals surface area contributed by atoms with Crippen molar-refractivity contribution >= 4 is 0 Å². The second-order valence-corrected chi connectivity index (χ2v) is 5.02. The molecule has 1 spiro atoms. The molecule has 13 heavy (non-hydrogen) atoms. The second-order valence-electron chi connectivity index (χ2n) is 5.02. The molecule has 1 heterocycles. The Morgan fingerprint density at radius 3 is 1.92 bits per heavy atom. The molecule has 1 aliphatic heterocycles. The van der Waals surface area contributed by atoms with Gasteiger partial charge in [-0.3, -0.25) is 0 Å². The van der Waals surface area contributed by atoms with Gasteiger partial charge in [0.1, 0.15) is 0 Å². The van der Waals surface area contributed by atoms with E-state index in [1.54, 1.807) is 0 Å². The van der Waals surface area contributed by atoms with Crippen LogP contribution in [-0.4, -0.2) is 24.0 Å². The lowest BCUT2D eigenvalue weighted by molar-refractivity contribution is 0.0759. The molecule has 1 nitrogen and oxygen atoms in total. The summed E-state index contributed by atoms with van der Waals surface area (Å²) in [5.74, 6) is 0. The summed E-state index contributed by atoms with van der Waals surface area (Å²) < 4.78 is 0. The van der Waals surface area contributed by atoms with Crippen molar-refractivity contribution in [3.8, 4) is 0 Å². The van der Waals surface area contributed by atoms with E-state index in [1.165, 1.54) is 64.3 Å². The van der Waals surface area contributed by atoms with Gasteiger partial charge in [0, 0.05) is 5.54 Å². The molecule has 1 saturated heterocycles. The van der Waals surface area contributed by atoms with Crippen LogP contribution in [0.3, 0.4) is 0 Å². The van der Waals surface area contributed by atoms with Crippen molar-refractivity contribution in [2.45, 2.75) is 63.3 Å². The van der Waals surface area contributed by atoms with Crippen LogP contribution >= 0.6 is 0 Å². The van der Waals surface area contributed by atoms with Crippen molar-refractivity contribution in [3.63, 3.8) is 0 Å². The minimum atomic E-state index is 0.634. The summed E-state index contributed by atoms with van der Waals surface area (Å²) in [7, 11) is 2.36.